The number of nitrogens with two attached hydrogens (primary N) is 1. The van der Waals surface area contributed by atoms with Gasteiger partial charge in [0.05, 0.1) is 18.8 Å². The van der Waals surface area contributed by atoms with E-state index in [1.165, 1.54) is 0 Å². The van der Waals surface area contributed by atoms with Crippen LogP contribution in [0.4, 0.5) is 0 Å². The predicted octanol–water partition coefficient (Wildman–Crippen LogP) is 1.52. The second-order valence-corrected chi connectivity index (χ2v) is 8.11. The van der Waals surface area contributed by atoms with Crippen molar-refractivity contribution < 1.29 is 14.3 Å². The molecule has 154 valence electrons. The summed E-state index contributed by atoms with van der Waals surface area (Å²) in [6, 6.07) is 4.42. The van der Waals surface area contributed by atoms with Crippen LogP contribution in [0.1, 0.15) is 50.5 Å². The number of hydrogen-bond acceptors (Lipinski definition) is 5. The van der Waals surface area contributed by atoms with Crippen molar-refractivity contribution in [2.24, 2.45) is 11.7 Å². The van der Waals surface area contributed by atoms with E-state index in [0.717, 1.165) is 37.2 Å². The van der Waals surface area contributed by atoms with Crippen LogP contribution in [0.2, 0.25) is 0 Å². The summed E-state index contributed by atoms with van der Waals surface area (Å²) in [4.78, 5) is 32.8. The lowest BCUT2D eigenvalue weighted by Crippen LogP contribution is -2.48. The molecule has 1 aromatic rings. The molecule has 1 atom stereocenters. The Morgan fingerprint density at radius 2 is 2.00 bits per heavy atom. The Bertz CT molecular complexity index is 669. The van der Waals surface area contributed by atoms with E-state index in [-0.39, 0.29) is 23.8 Å². The van der Waals surface area contributed by atoms with Crippen LogP contribution in [0.5, 0.6) is 0 Å². The van der Waals surface area contributed by atoms with Gasteiger partial charge in [-0.25, -0.2) is 0 Å². The van der Waals surface area contributed by atoms with Crippen molar-refractivity contribution in [1.82, 2.24) is 14.8 Å². The number of morpholine rings is 1. The number of aryl methyl sites for hydroxylation is 1. The molecule has 2 amide bonds. The van der Waals surface area contributed by atoms with Gasteiger partial charge in [0.15, 0.2) is 0 Å². The van der Waals surface area contributed by atoms with Gasteiger partial charge in [-0.1, -0.05) is 6.07 Å². The number of carbonyl (C=O) groups excluding carboxylic acids is 2. The minimum Gasteiger partial charge on any atom is -0.370 e. The summed E-state index contributed by atoms with van der Waals surface area (Å²) in [6.07, 6.45) is 4.35. The van der Waals surface area contributed by atoms with Gasteiger partial charge in [0.25, 0.3) is 0 Å². The SMILES string of the molecule is CC(C)N1CCC(C(=O)N2CCOC(c3ccc(CCC(N)=O)cn3)C2)CC1. The van der Waals surface area contributed by atoms with Gasteiger partial charge >= 0.3 is 0 Å². The molecule has 0 aromatic carbocycles. The predicted molar refractivity (Wildman–Crippen MR) is 106 cm³/mol. The number of aromatic nitrogens is 1. The summed E-state index contributed by atoms with van der Waals surface area (Å²) in [5.41, 5.74) is 7.00. The van der Waals surface area contributed by atoms with E-state index in [9.17, 15) is 9.59 Å². The highest BCUT2D eigenvalue weighted by Crippen LogP contribution is 2.26. The number of likely N-dealkylation sites (tertiary alicyclic amines) is 1. The van der Waals surface area contributed by atoms with Crippen LogP contribution >= 0.6 is 0 Å². The van der Waals surface area contributed by atoms with E-state index in [4.69, 9.17) is 10.5 Å². The lowest BCUT2D eigenvalue weighted by atomic mass is 9.94. The van der Waals surface area contributed by atoms with Gasteiger partial charge in [0, 0.05) is 31.1 Å². The first-order chi connectivity index (χ1) is 13.4. The van der Waals surface area contributed by atoms with Crippen LogP contribution in [0.15, 0.2) is 18.3 Å². The van der Waals surface area contributed by atoms with Crippen LogP contribution in [0, 0.1) is 5.92 Å². The number of carbonyl (C=O) groups is 2. The summed E-state index contributed by atoms with van der Waals surface area (Å²) in [6.45, 7) is 8.15. The van der Waals surface area contributed by atoms with E-state index < -0.39 is 0 Å². The van der Waals surface area contributed by atoms with Crippen LogP contribution in [0.25, 0.3) is 0 Å². The summed E-state index contributed by atoms with van der Waals surface area (Å²) < 4.78 is 5.88. The highest BCUT2D eigenvalue weighted by molar-refractivity contribution is 5.79. The molecule has 2 aliphatic rings. The Labute approximate surface area is 167 Å². The molecule has 3 rings (SSSR count). The van der Waals surface area contributed by atoms with E-state index >= 15 is 0 Å². The van der Waals surface area contributed by atoms with Crippen molar-refractivity contribution in [3.05, 3.63) is 29.6 Å². The largest absolute Gasteiger partial charge is 0.370 e. The summed E-state index contributed by atoms with van der Waals surface area (Å²) in [5.74, 6) is 0.0701. The second-order valence-electron chi connectivity index (χ2n) is 8.11. The van der Waals surface area contributed by atoms with Crippen molar-refractivity contribution in [2.45, 2.75) is 51.7 Å². The Balaban J connectivity index is 1.55. The number of ether oxygens (including phenoxy) is 1. The van der Waals surface area contributed by atoms with Crippen molar-refractivity contribution >= 4 is 11.8 Å². The molecule has 0 radical (unpaired) electrons. The van der Waals surface area contributed by atoms with Gasteiger partial charge in [-0.3, -0.25) is 14.6 Å². The van der Waals surface area contributed by atoms with E-state index in [2.05, 4.69) is 23.7 Å². The zero-order valence-electron chi connectivity index (χ0n) is 17.0. The number of primary amides is 1. The number of nitrogens with zero attached hydrogens (tertiary/aromatic N) is 3. The summed E-state index contributed by atoms with van der Waals surface area (Å²) in [7, 11) is 0. The minimum atomic E-state index is -0.312. The molecular formula is C21H32N4O3. The topological polar surface area (TPSA) is 88.8 Å². The molecule has 3 heterocycles. The molecule has 2 fully saturated rings. The minimum absolute atomic E-state index is 0.123. The molecule has 1 aromatic heterocycles. The number of hydrogen-bond donors (Lipinski definition) is 1. The van der Waals surface area contributed by atoms with Gasteiger partial charge < -0.3 is 20.3 Å². The fourth-order valence-electron chi connectivity index (χ4n) is 3.99. The van der Waals surface area contributed by atoms with Crippen molar-refractivity contribution in [2.75, 3.05) is 32.8 Å². The summed E-state index contributed by atoms with van der Waals surface area (Å²) in [5, 5.41) is 0. The van der Waals surface area contributed by atoms with Crippen molar-refractivity contribution in [3.63, 3.8) is 0 Å². The zero-order chi connectivity index (χ0) is 20.1. The van der Waals surface area contributed by atoms with Crippen LogP contribution in [-0.2, 0) is 20.7 Å². The van der Waals surface area contributed by atoms with Crippen LogP contribution in [0.3, 0.4) is 0 Å². The molecular weight excluding hydrogens is 356 g/mol. The highest BCUT2D eigenvalue weighted by Gasteiger charge is 2.32. The maximum Gasteiger partial charge on any atom is 0.225 e. The first kappa shape index (κ1) is 20.7. The van der Waals surface area contributed by atoms with Crippen LogP contribution in [-0.4, -0.2) is 65.4 Å². The van der Waals surface area contributed by atoms with Gasteiger partial charge in [0.2, 0.25) is 11.8 Å². The van der Waals surface area contributed by atoms with Gasteiger partial charge in [-0.2, -0.15) is 0 Å². The number of amides is 2. The third kappa shape index (κ3) is 5.29. The molecule has 0 aliphatic carbocycles. The first-order valence-electron chi connectivity index (χ1n) is 10.3. The van der Waals surface area contributed by atoms with E-state index in [0.29, 0.717) is 38.6 Å². The first-order valence-corrected chi connectivity index (χ1v) is 10.3. The maximum absolute atomic E-state index is 13.0. The number of rotatable bonds is 6. The Morgan fingerprint density at radius 1 is 1.25 bits per heavy atom. The van der Waals surface area contributed by atoms with Crippen molar-refractivity contribution in [1.29, 1.82) is 0 Å². The smallest absolute Gasteiger partial charge is 0.225 e. The van der Waals surface area contributed by atoms with Crippen molar-refractivity contribution in [3.8, 4) is 0 Å². The Kier molecular flexibility index (Phi) is 7.02. The average Bonchev–Trinajstić information content (AvgIpc) is 2.72. The van der Waals surface area contributed by atoms with Gasteiger partial charge in [-0.15, -0.1) is 0 Å². The lowest BCUT2D eigenvalue weighted by Gasteiger charge is -2.38. The maximum atomic E-state index is 13.0. The molecule has 0 bridgehead atoms. The lowest BCUT2D eigenvalue weighted by molar-refractivity contribution is -0.145. The van der Waals surface area contributed by atoms with E-state index in [1.807, 2.05) is 17.0 Å². The van der Waals surface area contributed by atoms with E-state index in [1.54, 1.807) is 6.20 Å². The molecule has 2 saturated heterocycles. The number of piperidine rings is 1. The molecule has 2 aliphatic heterocycles. The molecule has 7 nitrogen and oxygen atoms in total. The highest BCUT2D eigenvalue weighted by atomic mass is 16.5. The summed E-state index contributed by atoms with van der Waals surface area (Å²) >= 11 is 0. The third-order valence-corrected chi connectivity index (χ3v) is 5.82. The average molecular weight is 389 g/mol. The normalized spacial score (nSPS) is 21.8. The fourth-order valence-corrected chi connectivity index (χ4v) is 3.99. The van der Waals surface area contributed by atoms with Crippen LogP contribution < -0.4 is 5.73 Å². The third-order valence-electron chi connectivity index (χ3n) is 5.82. The molecule has 28 heavy (non-hydrogen) atoms. The molecule has 2 N–H and O–H groups in total. The number of pyridine rings is 1. The second kappa shape index (κ2) is 9.47. The molecule has 0 spiro atoms. The Hall–Kier alpha value is -1.99. The zero-order valence-corrected chi connectivity index (χ0v) is 17.0. The standard InChI is InChI=1S/C21H32N4O3/c1-15(2)24-9-7-17(8-10-24)21(27)25-11-12-28-19(14-25)18-5-3-16(13-23-18)4-6-20(22)26/h3,5,13,15,17,19H,4,6-12,14H2,1-2H3,(H2,22,26). The fraction of sp³-hybridized carbons (Fsp3) is 0.667. The molecule has 0 saturated carbocycles. The molecule has 1 unspecified atom stereocenters. The van der Waals surface area contributed by atoms with Gasteiger partial charge in [-0.05, 0) is 57.8 Å². The quantitative estimate of drug-likeness (QED) is 0.798. The molecule has 7 heteroatoms. The van der Waals surface area contributed by atoms with Gasteiger partial charge in [0.1, 0.15) is 6.10 Å². The monoisotopic (exact) mass is 388 g/mol. The Morgan fingerprint density at radius 3 is 2.61 bits per heavy atom.